The highest BCUT2D eigenvalue weighted by Gasteiger charge is 2.16. The van der Waals surface area contributed by atoms with Crippen LogP contribution in [0.15, 0.2) is 54.6 Å². The van der Waals surface area contributed by atoms with E-state index in [4.69, 9.17) is 16.6 Å². The normalized spacial score (nSPS) is 12.2. The second kappa shape index (κ2) is 12.4. The van der Waals surface area contributed by atoms with Gasteiger partial charge in [0.05, 0.1) is 11.9 Å². The summed E-state index contributed by atoms with van der Waals surface area (Å²) in [5, 5.41) is 19.0. The molecule has 7 nitrogen and oxygen atoms in total. The van der Waals surface area contributed by atoms with E-state index in [1.165, 1.54) is 0 Å². The van der Waals surface area contributed by atoms with Crippen LogP contribution in [0.3, 0.4) is 0 Å². The van der Waals surface area contributed by atoms with Crippen molar-refractivity contribution in [3.8, 4) is 0 Å². The van der Waals surface area contributed by atoms with Gasteiger partial charge in [0.25, 0.3) is 0 Å². The molecule has 2 aromatic carbocycles. The van der Waals surface area contributed by atoms with E-state index in [1.807, 2.05) is 6.07 Å². The minimum absolute atomic E-state index is 0.0972. The van der Waals surface area contributed by atoms with E-state index >= 15 is 0 Å². The third kappa shape index (κ3) is 8.25. The van der Waals surface area contributed by atoms with Crippen molar-refractivity contribution in [1.82, 2.24) is 0 Å². The van der Waals surface area contributed by atoms with Gasteiger partial charge in [-0.1, -0.05) is 55.0 Å². The number of benzene rings is 2. The van der Waals surface area contributed by atoms with Crippen LogP contribution in [0.4, 0.5) is 0 Å². The van der Waals surface area contributed by atoms with Crippen LogP contribution in [-0.2, 0) is 9.59 Å². The number of carbonyl (C=O) groups excluding carboxylic acids is 2. The molecular formula is C22H27N2O5-. The standard InChI is InChI=1S/C16H14O3.C6H14N2O2/c1-11(16(18)19)13-8-5-9-14(10-13)15(17)12-6-3-2-4-7-12;7-4-2-1-3-5(8)6(9)10/h2-11H,1H3,(H,18,19);5H,1-4,7-8H2,(H,9,10)/p-1. The van der Waals surface area contributed by atoms with Crippen molar-refractivity contribution in [2.24, 2.45) is 11.5 Å². The largest absolute Gasteiger partial charge is 0.548 e. The lowest BCUT2D eigenvalue weighted by Gasteiger charge is -2.10. The van der Waals surface area contributed by atoms with Gasteiger partial charge < -0.3 is 26.5 Å². The first kappa shape index (κ1) is 24.0. The molecule has 7 heteroatoms. The van der Waals surface area contributed by atoms with Gasteiger partial charge in [0.2, 0.25) is 0 Å². The lowest BCUT2D eigenvalue weighted by molar-refractivity contribution is -0.307. The summed E-state index contributed by atoms with van der Waals surface area (Å²) in [6.07, 6.45) is 2.03. The highest BCUT2D eigenvalue weighted by Crippen LogP contribution is 2.18. The number of carboxylic acids is 2. The molecule has 0 aliphatic rings. The first-order chi connectivity index (χ1) is 13.8. The number of hydrogen-bond acceptors (Lipinski definition) is 6. The fraction of sp³-hybridized carbons (Fsp3) is 0.318. The highest BCUT2D eigenvalue weighted by atomic mass is 16.4. The molecule has 2 rings (SSSR count). The van der Waals surface area contributed by atoms with E-state index < -0.39 is 23.9 Å². The average molecular weight is 399 g/mol. The molecule has 0 fully saturated rings. The summed E-state index contributed by atoms with van der Waals surface area (Å²) in [5.74, 6) is -2.80. The summed E-state index contributed by atoms with van der Waals surface area (Å²) >= 11 is 0. The molecule has 0 saturated heterocycles. The molecular weight excluding hydrogens is 372 g/mol. The van der Waals surface area contributed by atoms with Gasteiger partial charge in [-0.25, -0.2) is 0 Å². The summed E-state index contributed by atoms with van der Waals surface area (Å²) in [6.45, 7) is 2.19. The molecule has 0 radical (unpaired) electrons. The molecule has 0 heterocycles. The van der Waals surface area contributed by atoms with Crippen molar-refractivity contribution >= 4 is 17.7 Å². The summed E-state index contributed by atoms with van der Waals surface area (Å²) in [6, 6.07) is 14.9. The van der Waals surface area contributed by atoms with Gasteiger partial charge in [0.1, 0.15) is 0 Å². The van der Waals surface area contributed by atoms with E-state index in [0.717, 1.165) is 12.8 Å². The summed E-state index contributed by atoms with van der Waals surface area (Å²) in [7, 11) is 0. The van der Waals surface area contributed by atoms with Crippen molar-refractivity contribution in [3.63, 3.8) is 0 Å². The number of ketones is 1. The molecule has 5 N–H and O–H groups in total. The molecule has 0 saturated carbocycles. The Morgan fingerprint density at radius 2 is 1.62 bits per heavy atom. The first-order valence-electron chi connectivity index (χ1n) is 9.37. The van der Waals surface area contributed by atoms with Gasteiger partial charge in [-0.3, -0.25) is 9.59 Å². The number of hydrogen-bond donors (Lipinski definition) is 3. The van der Waals surface area contributed by atoms with Crippen LogP contribution in [-0.4, -0.2) is 35.4 Å². The molecule has 0 aromatic heterocycles. The predicted octanol–water partition coefficient (Wildman–Crippen LogP) is 1.30. The summed E-state index contributed by atoms with van der Waals surface area (Å²) in [4.78, 5) is 33.2. The van der Waals surface area contributed by atoms with Gasteiger partial charge in [-0.05, 0) is 37.9 Å². The molecule has 156 valence electrons. The van der Waals surface area contributed by atoms with Crippen LogP contribution in [0.5, 0.6) is 0 Å². The summed E-state index contributed by atoms with van der Waals surface area (Å²) < 4.78 is 0. The predicted molar refractivity (Wildman–Crippen MR) is 108 cm³/mol. The minimum Gasteiger partial charge on any atom is -0.548 e. The number of carboxylic acid groups (broad SMARTS) is 2. The Balaban J connectivity index is 0.000000359. The van der Waals surface area contributed by atoms with E-state index in [1.54, 1.807) is 55.5 Å². The monoisotopic (exact) mass is 399 g/mol. The van der Waals surface area contributed by atoms with Gasteiger partial charge in [0, 0.05) is 17.2 Å². The van der Waals surface area contributed by atoms with Crippen molar-refractivity contribution in [3.05, 3.63) is 71.3 Å². The Morgan fingerprint density at radius 1 is 1.00 bits per heavy atom. The summed E-state index contributed by atoms with van der Waals surface area (Å²) in [5.41, 5.74) is 12.1. The Labute approximate surface area is 170 Å². The Kier molecular flexibility index (Phi) is 10.3. The Hall–Kier alpha value is -3.03. The number of carbonyl (C=O) groups is 3. The zero-order chi connectivity index (χ0) is 21.8. The van der Waals surface area contributed by atoms with Crippen LogP contribution in [0.2, 0.25) is 0 Å². The number of unbranched alkanes of at least 4 members (excludes halogenated alkanes) is 1. The van der Waals surface area contributed by atoms with Crippen LogP contribution in [0, 0.1) is 0 Å². The molecule has 2 atom stereocenters. The van der Waals surface area contributed by atoms with E-state index in [9.17, 15) is 19.5 Å². The maximum atomic E-state index is 12.2. The maximum absolute atomic E-state index is 12.2. The zero-order valence-corrected chi connectivity index (χ0v) is 16.4. The Bertz CT molecular complexity index is 808. The third-order valence-corrected chi connectivity index (χ3v) is 4.33. The fourth-order valence-corrected chi connectivity index (χ4v) is 2.47. The second-order valence-corrected chi connectivity index (χ2v) is 6.59. The molecule has 0 aliphatic heterocycles. The van der Waals surface area contributed by atoms with Crippen molar-refractivity contribution in [1.29, 1.82) is 0 Å². The highest BCUT2D eigenvalue weighted by molar-refractivity contribution is 6.09. The topological polar surface area (TPSA) is 147 Å². The average Bonchev–Trinajstić information content (AvgIpc) is 2.73. The van der Waals surface area contributed by atoms with E-state index in [0.29, 0.717) is 29.7 Å². The van der Waals surface area contributed by atoms with Gasteiger partial charge in [-0.15, -0.1) is 0 Å². The SMILES string of the molecule is CC(C(=O)O)c1cccc(C(=O)c2ccccc2)c1.NCCCCC(N)C(=O)[O-]. The second-order valence-electron chi connectivity index (χ2n) is 6.59. The van der Waals surface area contributed by atoms with E-state index in [2.05, 4.69) is 0 Å². The van der Waals surface area contributed by atoms with Crippen molar-refractivity contribution in [2.45, 2.75) is 38.1 Å². The van der Waals surface area contributed by atoms with Gasteiger partial charge in [-0.2, -0.15) is 0 Å². The number of nitrogens with two attached hydrogens (primary N) is 2. The van der Waals surface area contributed by atoms with E-state index in [-0.39, 0.29) is 5.78 Å². The van der Waals surface area contributed by atoms with Crippen LogP contribution in [0.25, 0.3) is 0 Å². The minimum atomic E-state index is -1.18. The lowest BCUT2D eigenvalue weighted by atomic mass is 9.96. The molecule has 0 bridgehead atoms. The quantitative estimate of drug-likeness (QED) is 0.425. The molecule has 0 amide bonds. The molecule has 0 aliphatic carbocycles. The first-order valence-corrected chi connectivity index (χ1v) is 9.37. The Morgan fingerprint density at radius 3 is 2.17 bits per heavy atom. The zero-order valence-electron chi connectivity index (χ0n) is 16.4. The van der Waals surface area contributed by atoms with Gasteiger partial charge in [0.15, 0.2) is 5.78 Å². The molecule has 2 unspecified atom stereocenters. The van der Waals surface area contributed by atoms with Crippen LogP contribution >= 0.6 is 0 Å². The molecule has 2 aromatic rings. The lowest BCUT2D eigenvalue weighted by Crippen LogP contribution is -2.41. The molecule has 29 heavy (non-hydrogen) atoms. The van der Waals surface area contributed by atoms with Crippen molar-refractivity contribution in [2.75, 3.05) is 6.54 Å². The van der Waals surface area contributed by atoms with Crippen LogP contribution in [0.1, 0.15) is 53.6 Å². The number of aliphatic carboxylic acids is 2. The smallest absolute Gasteiger partial charge is 0.310 e. The maximum Gasteiger partial charge on any atom is 0.310 e. The number of rotatable bonds is 9. The fourth-order valence-electron chi connectivity index (χ4n) is 2.47. The molecule has 0 spiro atoms. The third-order valence-electron chi connectivity index (χ3n) is 4.33. The van der Waals surface area contributed by atoms with Gasteiger partial charge >= 0.3 is 5.97 Å². The van der Waals surface area contributed by atoms with Crippen LogP contribution < -0.4 is 16.6 Å². The van der Waals surface area contributed by atoms with Crippen molar-refractivity contribution < 1.29 is 24.6 Å².